The minimum Gasteiger partial charge on any atom is -0.356 e. The molecule has 5 nitrogen and oxygen atoms in total. The van der Waals surface area contributed by atoms with Crippen molar-refractivity contribution in [1.82, 2.24) is 9.62 Å². The first-order chi connectivity index (χ1) is 8.16. The molecule has 1 amide bonds. The molecule has 2 rings (SSSR count). The van der Waals surface area contributed by atoms with E-state index in [-0.39, 0.29) is 11.3 Å². The Hall–Kier alpha value is -0.620. The van der Waals surface area contributed by atoms with Gasteiger partial charge in [-0.25, -0.2) is 12.7 Å². The number of rotatable bonds is 1. The minimum atomic E-state index is -3.23. The molecule has 2 aliphatic rings. The molecule has 0 aromatic carbocycles. The monoisotopic (exact) mass is 274 g/mol. The normalized spacial score (nSPS) is 25.4. The van der Waals surface area contributed by atoms with E-state index in [4.69, 9.17) is 0 Å². The summed E-state index contributed by atoms with van der Waals surface area (Å²) in [5, 5.41) is 2.86. The highest BCUT2D eigenvalue weighted by Gasteiger charge is 2.45. The molecule has 1 spiro atoms. The van der Waals surface area contributed by atoms with Crippen molar-refractivity contribution in [2.24, 2.45) is 5.41 Å². The molecular formula is C12H22N2O3S. The van der Waals surface area contributed by atoms with Crippen LogP contribution in [-0.2, 0) is 14.8 Å². The van der Waals surface area contributed by atoms with Crippen molar-refractivity contribution in [2.45, 2.75) is 44.8 Å². The van der Waals surface area contributed by atoms with Crippen LogP contribution < -0.4 is 5.32 Å². The van der Waals surface area contributed by atoms with Crippen molar-refractivity contribution in [1.29, 1.82) is 0 Å². The van der Waals surface area contributed by atoms with E-state index >= 15 is 0 Å². The van der Waals surface area contributed by atoms with Crippen LogP contribution in [0, 0.1) is 5.41 Å². The summed E-state index contributed by atoms with van der Waals surface area (Å²) < 4.78 is 25.5. The first kappa shape index (κ1) is 13.8. The van der Waals surface area contributed by atoms with Crippen molar-refractivity contribution >= 4 is 15.9 Å². The highest BCUT2D eigenvalue weighted by Crippen LogP contribution is 2.39. The van der Waals surface area contributed by atoms with Crippen LogP contribution in [0.2, 0.25) is 0 Å². The number of carbonyl (C=O) groups is 1. The first-order valence-electron chi connectivity index (χ1n) is 6.43. The van der Waals surface area contributed by atoms with Crippen LogP contribution in [0.25, 0.3) is 0 Å². The van der Waals surface area contributed by atoms with E-state index in [1.165, 1.54) is 0 Å². The molecule has 0 unspecified atom stereocenters. The molecule has 2 saturated heterocycles. The Kier molecular flexibility index (Phi) is 3.22. The lowest BCUT2D eigenvalue weighted by Gasteiger charge is -2.39. The molecule has 104 valence electrons. The van der Waals surface area contributed by atoms with Crippen molar-refractivity contribution < 1.29 is 13.2 Å². The lowest BCUT2D eigenvalue weighted by Crippen LogP contribution is -2.49. The number of sulfonamides is 1. The van der Waals surface area contributed by atoms with Crippen LogP contribution in [0.3, 0.4) is 0 Å². The predicted octanol–water partition coefficient (Wildman–Crippen LogP) is 0.717. The molecule has 0 saturated carbocycles. The highest BCUT2D eigenvalue weighted by atomic mass is 32.2. The third-order valence-electron chi connectivity index (χ3n) is 4.09. The van der Waals surface area contributed by atoms with E-state index in [0.29, 0.717) is 26.1 Å². The summed E-state index contributed by atoms with van der Waals surface area (Å²) in [4.78, 5) is 11.3. The summed E-state index contributed by atoms with van der Waals surface area (Å²) in [5.41, 5.74) is 0.000980. The van der Waals surface area contributed by atoms with Crippen molar-refractivity contribution in [3.8, 4) is 0 Å². The van der Waals surface area contributed by atoms with Gasteiger partial charge in [0.15, 0.2) is 0 Å². The molecule has 2 fully saturated rings. The van der Waals surface area contributed by atoms with Gasteiger partial charge in [0.1, 0.15) is 0 Å². The topological polar surface area (TPSA) is 66.5 Å². The maximum atomic E-state index is 12.3. The zero-order valence-corrected chi connectivity index (χ0v) is 12.1. The Morgan fingerprint density at radius 2 is 1.78 bits per heavy atom. The fourth-order valence-electron chi connectivity index (χ4n) is 2.69. The molecule has 0 aromatic heterocycles. The molecular weight excluding hydrogens is 252 g/mol. The van der Waals surface area contributed by atoms with Crippen LogP contribution in [0.5, 0.6) is 0 Å². The number of piperidine rings is 1. The largest absolute Gasteiger partial charge is 0.356 e. The second-order valence-electron chi connectivity index (χ2n) is 6.47. The summed E-state index contributed by atoms with van der Waals surface area (Å²) in [7, 11) is -3.23. The first-order valence-corrected chi connectivity index (χ1v) is 7.87. The highest BCUT2D eigenvalue weighted by molar-refractivity contribution is 7.90. The molecule has 2 aliphatic heterocycles. The second kappa shape index (κ2) is 4.20. The quantitative estimate of drug-likeness (QED) is 0.766. The number of carbonyl (C=O) groups excluding carboxylic acids is 1. The Balaban J connectivity index is 2.06. The Morgan fingerprint density at radius 1 is 1.22 bits per heavy atom. The van der Waals surface area contributed by atoms with Crippen molar-refractivity contribution in [3.05, 3.63) is 0 Å². The zero-order chi connectivity index (χ0) is 13.6. The summed E-state index contributed by atoms with van der Waals surface area (Å²) in [6, 6.07) is 0. The van der Waals surface area contributed by atoms with E-state index in [2.05, 4.69) is 5.32 Å². The zero-order valence-electron chi connectivity index (χ0n) is 11.3. The van der Waals surface area contributed by atoms with E-state index < -0.39 is 14.8 Å². The minimum absolute atomic E-state index is 0.000980. The average molecular weight is 274 g/mol. The molecule has 2 heterocycles. The van der Waals surface area contributed by atoms with E-state index in [0.717, 1.165) is 12.8 Å². The smallest absolute Gasteiger partial charge is 0.220 e. The molecule has 0 aromatic rings. The van der Waals surface area contributed by atoms with E-state index in [1.807, 2.05) is 0 Å². The van der Waals surface area contributed by atoms with Gasteiger partial charge in [-0.3, -0.25) is 4.79 Å². The van der Waals surface area contributed by atoms with Gasteiger partial charge in [-0.1, -0.05) is 0 Å². The predicted molar refractivity (Wildman–Crippen MR) is 69.5 cm³/mol. The van der Waals surface area contributed by atoms with Crippen LogP contribution in [0.15, 0.2) is 0 Å². The summed E-state index contributed by atoms with van der Waals surface area (Å²) >= 11 is 0. The van der Waals surface area contributed by atoms with E-state index in [1.54, 1.807) is 25.1 Å². The van der Waals surface area contributed by atoms with Crippen molar-refractivity contribution in [2.75, 3.05) is 19.6 Å². The van der Waals surface area contributed by atoms with Gasteiger partial charge in [-0.05, 0) is 39.0 Å². The van der Waals surface area contributed by atoms with Crippen LogP contribution in [0.4, 0.5) is 0 Å². The van der Waals surface area contributed by atoms with E-state index in [9.17, 15) is 13.2 Å². The van der Waals surface area contributed by atoms with Gasteiger partial charge in [0.2, 0.25) is 15.9 Å². The summed E-state index contributed by atoms with van der Waals surface area (Å²) in [6.45, 7) is 6.96. The van der Waals surface area contributed by atoms with Crippen molar-refractivity contribution in [3.63, 3.8) is 0 Å². The number of nitrogens with one attached hydrogen (secondary N) is 1. The third kappa shape index (κ3) is 2.28. The van der Waals surface area contributed by atoms with Gasteiger partial charge < -0.3 is 5.32 Å². The Morgan fingerprint density at radius 3 is 2.17 bits per heavy atom. The molecule has 0 radical (unpaired) electrons. The summed E-state index contributed by atoms with van der Waals surface area (Å²) in [5.74, 6) is 0.0992. The van der Waals surface area contributed by atoms with Crippen LogP contribution in [0.1, 0.15) is 40.0 Å². The average Bonchev–Trinajstić information content (AvgIpc) is 2.59. The molecule has 0 aliphatic carbocycles. The number of amides is 1. The molecule has 6 heteroatoms. The fourth-order valence-corrected chi connectivity index (χ4v) is 4.13. The van der Waals surface area contributed by atoms with Gasteiger partial charge in [0, 0.05) is 26.1 Å². The maximum absolute atomic E-state index is 12.3. The molecule has 0 atom stereocenters. The number of nitrogens with zero attached hydrogens (tertiary/aromatic N) is 1. The Bertz CT molecular complexity index is 442. The number of hydrogen-bond acceptors (Lipinski definition) is 3. The second-order valence-corrected chi connectivity index (χ2v) is 9.16. The van der Waals surface area contributed by atoms with Gasteiger partial charge in [0.05, 0.1) is 4.75 Å². The molecule has 0 bridgehead atoms. The van der Waals surface area contributed by atoms with Gasteiger partial charge in [-0.15, -0.1) is 0 Å². The molecule has 1 N–H and O–H groups in total. The Labute approximate surface area is 109 Å². The fraction of sp³-hybridized carbons (Fsp3) is 0.917. The standard InChI is InChI=1S/C12H22N2O3S/c1-11(2,3)18(16,17)14-6-4-12(5-7-14)8-10(15)13-9-12/h4-9H2,1-3H3,(H,13,15). The molecule has 18 heavy (non-hydrogen) atoms. The lowest BCUT2D eigenvalue weighted by atomic mass is 9.78. The van der Waals surface area contributed by atoms with Crippen LogP contribution in [-0.4, -0.2) is 43.0 Å². The number of hydrogen-bond donors (Lipinski definition) is 1. The lowest BCUT2D eigenvalue weighted by molar-refractivity contribution is -0.119. The van der Waals surface area contributed by atoms with Crippen LogP contribution >= 0.6 is 0 Å². The SMILES string of the molecule is CC(C)(C)S(=O)(=O)N1CCC2(CC1)CNC(=O)C2. The van der Waals surface area contributed by atoms with Gasteiger partial charge in [0.25, 0.3) is 0 Å². The van der Waals surface area contributed by atoms with Gasteiger partial charge >= 0.3 is 0 Å². The summed E-state index contributed by atoms with van der Waals surface area (Å²) in [6.07, 6.45) is 2.11. The van der Waals surface area contributed by atoms with Gasteiger partial charge in [-0.2, -0.15) is 0 Å². The maximum Gasteiger partial charge on any atom is 0.220 e. The third-order valence-corrected chi connectivity index (χ3v) is 6.69.